The van der Waals surface area contributed by atoms with Crippen molar-refractivity contribution in [3.63, 3.8) is 0 Å². The molecule has 0 spiro atoms. The molecule has 0 heterocycles. The normalized spacial score (nSPS) is 5.00. The number of rotatable bonds is 0. The Bertz CT molecular complexity index is 82.9. The monoisotopic (exact) mass is 110 g/mol. The second-order valence-corrected chi connectivity index (χ2v) is 0.704. The maximum atomic E-state index is 8.75. The molecule has 0 fully saturated rings. The van der Waals surface area contributed by atoms with E-state index in [0.717, 1.165) is 0 Å². The van der Waals surface area contributed by atoms with Crippen LogP contribution in [0.25, 0.3) is 0 Å². The van der Waals surface area contributed by atoms with Crippen molar-refractivity contribution in [1.82, 2.24) is 0 Å². The van der Waals surface area contributed by atoms with Gasteiger partial charge < -0.3 is 0 Å². The largest absolute Gasteiger partial charge is 0.308 e. The van der Waals surface area contributed by atoms with E-state index in [-0.39, 0.29) is 0 Å². The van der Waals surface area contributed by atoms with Crippen LogP contribution in [0.15, 0.2) is 0 Å². The Labute approximate surface area is 36.3 Å². The highest BCUT2D eigenvalue weighted by Crippen LogP contribution is 1.27. The van der Waals surface area contributed by atoms with Gasteiger partial charge in [-0.05, 0) is 0 Å². The van der Waals surface area contributed by atoms with Crippen LogP contribution in [0.3, 0.4) is 0 Å². The molecule has 1 N–H and O–H groups in total. The Morgan fingerprint density at radius 2 is 1.50 bits per heavy atom. The zero-order valence-corrected chi connectivity index (χ0v) is 3.42. The fourth-order valence-electron chi connectivity index (χ4n) is 0. The number of hydrogen-bond acceptors (Lipinski definition) is 3. The molecule has 6 heavy (non-hydrogen) atoms. The molecule has 0 bridgehead atoms. The third-order valence-electron chi connectivity index (χ3n) is 0. The highest BCUT2D eigenvalue weighted by Gasteiger charge is 1.32. The molecule has 0 saturated carbocycles. The van der Waals surface area contributed by atoms with E-state index in [0.29, 0.717) is 0 Å². The number of hydrogen-bond donors (Lipinski definition) is 1. The van der Waals surface area contributed by atoms with Gasteiger partial charge in [0.1, 0.15) is 0 Å². The minimum absolute atomic E-state index is 2.61. The zero-order valence-electron chi connectivity index (χ0n) is 2.60. The fraction of sp³-hybridized carbons (Fsp3) is 0. The molecule has 3 nitrogen and oxygen atoms in total. The molecule has 0 rings (SSSR count). The Morgan fingerprint density at radius 1 is 1.50 bits per heavy atom. The maximum Gasteiger partial charge on any atom is 0.308 e. The first kappa shape index (κ1) is 9.12. The minimum Gasteiger partial charge on any atom is -0.232 e. The summed E-state index contributed by atoms with van der Waals surface area (Å²) in [5.41, 5.74) is 0. The molecule has 0 amide bonds. The topological polar surface area (TPSA) is 58.0 Å². The summed E-state index contributed by atoms with van der Waals surface area (Å²) in [6.45, 7) is 0. The summed E-state index contributed by atoms with van der Waals surface area (Å²) >= 11 is 0. The average molecular weight is 110 g/mol. The van der Waals surface area contributed by atoms with Gasteiger partial charge >= 0.3 is 10.5 Å². The van der Waals surface area contributed by atoms with Crippen molar-refractivity contribution in [2.24, 2.45) is 0 Å². The van der Waals surface area contributed by atoms with Crippen LogP contribution in [-0.4, -0.2) is 8.42 Å². The van der Waals surface area contributed by atoms with Gasteiger partial charge in [-0.1, -0.05) is 0 Å². The molecule has 0 aromatic heterocycles. The molecule has 0 aliphatic heterocycles. The predicted molar refractivity (Wildman–Crippen MR) is 16.0 cm³/mol. The summed E-state index contributed by atoms with van der Waals surface area (Å²) in [6.07, 6.45) is 0. The van der Waals surface area contributed by atoms with Gasteiger partial charge in [-0.2, -0.15) is 13.2 Å². The van der Waals surface area contributed by atoms with Crippen molar-refractivity contribution in [2.75, 3.05) is 0 Å². The predicted octanol–water partition coefficient (Wildman–Crippen LogP) is 0.129. The van der Waals surface area contributed by atoms with Gasteiger partial charge in [0.05, 0.1) is 0 Å². The molecular weight excluding hydrogens is 109 g/mol. The van der Waals surface area contributed by atoms with Crippen LogP contribution in [0.5, 0.6) is 0 Å². The van der Waals surface area contributed by atoms with E-state index in [4.69, 9.17) is 17.6 Å². The van der Waals surface area contributed by atoms with E-state index in [1.165, 1.54) is 0 Å². The van der Waals surface area contributed by atoms with Gasteiger partial charge in [-0.25, -0.2) is 4.39 Å². The first-order chi connectivity index (χ1) is 2.73. The quantitative estimate of drug-likeness (QED) is 0.481. The first-order valence-corrected chi connectivity index (χ1v) is 1.80. The summed E-state index contributed by atoms with van der Waals surface area (Å²) < 4.78 is 31.6. The Hall–Kier alpha value is -0.450. The molecular formula is CHFNO2S. The van der Waals surface area contributed by atoms with Crippen LogP contribution in [0, 0.1) is 12.0 Å². The van der Waals surface area contributed by atoms with Crippen molar-refractivity contribution < 1.29 is 12.8 Å². The highest BCUT2D eigenvalue weighted by atomic mass is 32.2. The lowest BCUT2D eigenvalue weighted by Crippen LogP contribution is -1.34. The van der Waals surface area contributed by atoms with Crippen molar-refractivity contribution in [3.8, 4) is 0 Å². The molecule has 0 aliphatic carbocycles. The standard InChI is InChI=1S/CF.HNO2S/c1-2;1-4(2)3/h;1H. The van der Waals surface area contributed by atoms with Gasteiger partial charge in [-0.3, -0.25) is 0 Å². The summed E-state index contributed by atoms with van der Waals surface area (Å²) in [6, 6.07) is 0. The number of nitrogens with one attached hydrogen (secondary N) is 1. The zero-order chi connectivity index (χ0) is 5.58. The minimum atomic E-state index is -2.61. The van der Waals surface area contributed by atoms with Crippen LogP contribution in [0.2, 0.25) is 0 Å². The van der Waals surface area contributed by atoms with Crippen molar-refractivity contribution >= 4 is 10.5 Å². The summed E-state index contributed by atoms with van der Waals surface area (Å²) in [7, 11) is 1.64. The molecule has 5 heteroatoms. The van der Waals surface area contributed by atoms with E-state index >= 15 is 0 Å². The Kier molecular flexibility index (Phi) is 13.4. The smallest absolute Gasteiger partial charge is 0.232 e. The van der Waals surface area contributed by atoms with E-state index in [1.807, 2.05) is 0 Å². The van der Waals surface area contributed by atoms with E-state index in [2.05, 4.69) is 7.18 Å². The SMILES string of the molecule is N=S(=O)=O.[C]F. The molecule has 35 valence electrons. The van der Waals surface area contributed by atoms with Gasteiger partial charge in [0.15, 0.2) is 0 Å². The van der Waals surface area contributed by atoms with E-state index in [1.54, 1.807) is 0 Å². The molecule has 0 unspecified atom stereocenters. The van der Waals surface area contributed by atoms with Crippen molar-refractivity contribution in [1.29, 1.82) is 4.78 Å². The summed E-state index contributed by atoms with van der Waals surface area (Å²) in [4.78, 5) is 0. The van der Waals surface area contributed by atoms with Crippen molar-refractivity contribution in [3.05, 3.63) is 7.18 Å². The lowest BCUT2D eigenvalue weighted by atomic mass is 11.9. The van der Waals surface area contributed by atoms with Crippen LogP contribution < -0.4 is 0 Å². The summed E-state index contributed by atoms with van der Waals surface area (Å²) in [5, 5.41) is 0. The first-order valence-electron chi connectivity index (χ1n) is 0.726. The number of halogens is 1. The Morgan fingerprint density at radius 3 is 1.50 bits per heavy atom. The molecule has 0 aromatic rings. The van der Waals surface area contributed by atoms with Gasteiger partial charge in [-0.15, -0.1) is 0 Å². The van der Waals surface area contributed by atoms with Gasteiger partial charge in [0, 0.05) is 0 Å². The van der Waals surface area contributed by atoms with Crippen LogP contribution in [-0.2, 0) is 10.5 Å². The average Bonchev–Trinajstić information content (AvgIpc) is 1.41. The second-order valence-electron chi connectivity index (χ2n) is 0.235. The van der Waals surface area contributed by atoms with E-state index in [9.17, 15) is 0 Å². The lowest BCUT2D eigenvalue weighted by molar-refractivity contribution is 0.620. The maximum absolute atomic E-state index is 8.75. The van der Waals surface area contributed by atoms with Gasteiger partial charge in [0.25, 0.3) is 0 Å². The Balaban J connectivity index is 0. The van der Waals surface area contributed by atoms with Crippen LogP contribution in [0.4, 0.5) is 4.39 Å². The molecule has 0 aliphatic rings. The molecule has 0 aromatic carbocycles. The third kappa shape index (κ3) is 114. The summed E-state index contributed by atoms with van der Waals surface area (Å²) in [5.74, 6) is 0. The molecule has 3 radical (unpaired) electrons. The fourth-order valence-corrected chi connectivity index (χ4v) is 0. The molecule has 0 atom stereocenters. The van der Waals surface area contributed by atoms with Gasteiger partial charge in [0.2, 0.25) is 7.18 Å². The second kappa shape index (κ2) is 8.82. The van der Waals surface area contributed by atoms with Crippen LogP contribution >= 0.6 is 0 Å². The molecule has 0 saturated heterocycles. The lowest BCUT2D eigenvalue weighted by Gasteiger charge is -1.18. The van der Waals surface area contributed by atoms with Crippen LogP contribution in [0.1, 0.15) is 0 Å². The van der Waals surface area contributed by atoms with Crippen molar-refractivity contribution in [2.45, 2.75) is 0 Å². The third-order valence-corrected chi connectivity index (χ3v) is 0. The van der Waals surface area contributed by atoms with E-state index < -0.39 is 10.5 Å². The highest BCUT2D eigenvalue weighted by molar-refractivity contribution is 7.60.